The van der Waals surface area contributed by atoms with Gasteiger partial charge in [-0.3, -0.25) is 0 Å². The molecule has 0 aromatic heterocycles. The van der Waals surface area contributed by atoms with E-state index in [0.29, 0.717) is 29.5 Å². The van der Waals surface area contributed by atoms with Gasteiger partial charge in [0.15, 0.2) is 0 Å². The quantitative estimate of drug-likeness (QED) is 0.779. The normalized spacial score (nSPS) is 10.9. The van der Waals surface area contributed by atoms with Gasteiger partial charge < -0.3 is 10.1 Å². The lowest BCUT2D eigenvalue weighted by Gasteiger charge is -2.14. The van der Waals surface area contributed by atoms with Crippen LogP contribution in [-0.4, -0.2) is 6.54 Å². The van der Waals surface area contributed by atoms with Crippen LogP contribution in [0.4, 0.5) is 4.39 Å². The number of nitrogens with one attached hydrogen (secondary N) is 1. The Hall–Kier alpha value is -1.39. The largest absolute Gasteiger partial charge is 0.457 e. The standard InChI is InChI=1S/C17H19BrFNO/c1-12(2)10-20-11-15-16(19)7-4-8-17(15)21-14-6-3-5-13(18)9-14/h3-9,12,20H,10-11H2,1-2H3. The predicted octanol–water partition coefficient (Wildman–Crippen LogP) is 5.13. The molecule has 0 spiro atoms. The number of hydrogen-bond donors (Lipinski definition) is 1. The summed E-state index contributed by atoms with van der Waals surface area (Å²) >= 11 is 3.40. The summed E-state index contributed by atoms with van der Waals surface area (Å²) in [5.74, 6) is 1.49. The predicted molar refractivity (Wildman–Crippen MR) is 87.2 cm³/mol. The molecular formula is C17H19BrFNO. The summed E-state index contributed by atoms with van der Waals surface area (Å²) in [5.41, 5.74) is 0.554. The molecule has 2 rings (SSSR count). The topological polar surface area (TPSA) is 21.3 Å². The molecule has 0 unspecified atom stereocenters. The fourth-order valence-electron chi connectivity index (χ4n) is 1.95. The Kier molecular flexibility index (Phi) is 5.76. The van der Waals surface area contributed by atoms with E-state index < -0.39 is 0 Å². The molecule has 0 saturated heterocycles. The highest BCUT2D eigenvalue weighted by Gasteiger charge is 2.10. The molecule has 1 N–H and O–H groups in total. The van der Waals surface area contributed by atoms with E-state index in [4.69, 9.17) is 4.74 Å². The lowest BCUT2D eigenvalue weighted by atomic mass is 10.1. The second kappa shape index (κ2) is 7.57. The molecule has 0 fully saturated rings. The Balaban J connectivity index is 2.16. The van der Waals surface area contributed by atoms with Gasteiger partial charge in [-0.15, -0.1) is 0 Å². The third kappa shape index (κ3) is 4.83. The van der Waals surface area contributed by atoms with Crippen LogP contribution in [0.1, 0.15) is 19.4 Å². The summed E-state index contributed by atoms with van der Waals surface area (Å²) in [5, 5.41) is 3.25. The van der Waals surface area contributed by atoms with Gasteiger partial charge >= 0.3 is 0 Å². The van der Waals surface area contributed by atoms with E-state index in [1.54, 1.807) is 12.1 Å². The Bertz CT molecular complexity index is 601. The van der Waals surface area contributed by atoms with E-state index in [9.17, 15) is 4.39 Å². The third-order valence-electron chi connectivity index (χ3n) is 2.95. The van der Waals surface area contributed by atoms with E-state index in [1.165, 1.54) is 6.07 Å². The Labute approximate surface area is 133 Å². The fourth-order valence-corrected chi connectivity index (χ4v) is 2.33. The number of benzene rings is 2. The van der Waals surface area contributed by atoms with E-state index in [1.807, 2.05) is 24.3 Å². The van der Waals surface area contributed by atoms with Crippen molar-refractivity contribution >= 4 is 15.9 Å². The first-order chi connectivity index (χ1) is 10.1. The number of hydrogen-bond acceptors (Lipinski definition) is 2. The molecule has 0 bridgehead atoms. The molecule has 21 heavy (non-hydrogen) atoms. The van der Waals surface area contributed by atoms with Crippen LogP contribution in [0.2, 0.25) is 0 Å². The van der Waals surface area contributed by atoms with Crippen LogP contribution in [0.15, 0.2) is 46.9 Å². The van der Waals surface area contributed by atoms with E-state index in [2.05, 4.69) is 35.1 Å². The van der Waals surface area contributed by atoms with Crippen molar-refractivity contribution in [3.63, 3.8) is 0 Å². The first-order valence-corrected chi connectivity index (χ1v) is 7.77. The van der Waals surface area contributed by atoms with Gasteiger partial charge in [0.05, 0.1) is 0 Å². The van der Waals surface area contributed by atoms with Gasteiger partial charge in [0.1, 0.15) is 17.3 Å². The summed E-state index contributed by atoms with van der Waals surface area (Å²) in [6.07, 6.45) is 0. The SMILES string of the molecule is CC(C)CNCc1c(F)cccc1Oc1cccc(Br)c1. The second-order valence-corrected chi connectivity index (χ2v) is 6.22. The van der Waals surface area contributed by atoms with Crippen molar-refractivity contribution in [1.82, 2.24) is 5.32 Å². The smallest absolute Gasteiger partial charge is 0.134 e. The molecule has 0 radical (unpaired) electrons. The zero-order chi connectivity index (χ0) is 15.2. The maximum Gasteiger partial charge on any atom is 0.134 e. The molecule has 0 atom stereocenters. The summed E-state index contributed by atoms with van der Waals surface area (Å²) in [6, 6.07) is 12.4. The highest BCUT2D eigenvalue weighted by molar-refractivity contribution is 9.10. The lowest BCUT2D eigenvalue weighted by molar-refractivity contribution is 0.457. The minimum Gasteiger partial charge on any atom is -0.457 e. The molecule has 4 heteroatoms. The maximum absolute atomic E-state index is 14.0. The van der Waals surface area contributed by atoms with Crippen molar-refractivity contribution in [3.05, 3.63) is 58.3 Å². The van der Waals surface area contributed by atoms with Crippen molar-refractivity contribution in [2.24, 2.45) is 5.92 Å². The van der Waals surface area contributed by atoms with Crippen LogP contribution in [0.5, 0.6) is 11.5 Å². The van der Waals surface area contributed by atoms with E-state index in [-0.39, 0.29) is 5.82 Å². The van der Waals surface area contributed by atoms with Gasteiger partial charge in [-0.2, -0.15) is 0 Å². The highest BCUT2D eigenvalue weighted by atomic mass is 79.9. The molecule has 0 aliphatic heterocycles. The fraction of sp³-hybridized carbons (Fsp3) is 0.294. The van der Waals surface area contributed by atoms with Crippen molar-refractivity contribution in [2.75, 3.05) is 6.54 Å². The van der Waals surface area contributed by atoms with Crippen LogP contribution in [0.25, 0.3) is 0 Å². The van der Waals surface area contributed by atoms with Crippen LogP contribution in [0, 0.1) is 11.7 Å². The Morgan fingerprint density at radius 1 is 1.19 bits per heavy atom. The third-order valence-corrected chi connectivity index (χ3v) is 3.45. The van der Waals surface area contributed by atoms with Crippen LogP contribution in [-0.2, 0) is 6.54 Å². The maximum atomic E-state index is 14.0. The van der Waals surface area contributed by atoms with E-state index >= 15 is 0 Å². The summed E-state index contributed by atoms with van der Waals surface area (Å²) in [7, 11) is 0. The molecule has 2 nitrogen and oxygen atoms in total. The van der Waals surface area contributed by atoms with Gasteiger partial charge in [-0.05, 0) is 42.8 Å². The number of halogens is 2. The highest BCUT2D eigenvalue weighted by Crippen LogP contribution is 2.28. The molecule has 2 aromatic carbocycles. The molecule has 0 aliphatic rings. The van der Waals surface area contributed by atoms with Crippen LogP contribution < -0.4 is 10.1 Å². The second-order valence-electron chi connectivity index (χ2n) is 5.30. The number of rotatable bonds is 6. The van der Waals surface area contributed by atoms with Gasteiger partial charge in [-0.1, -0.05) is 41.9 Å². The molecule has 112 valence electrons. The first-order valence-electron chi connectivity index (χ1n) is 6.98. The van der Waals surface area contributed by atoms with Gasteiger partial charge in [0, 0.05) is 16.6 Å². The molecule has 0 heterocycles. The Morgan fingerprint density at radius 3 is 2.67 bits per heavy atom. The van der Waals surface area contributed by atoms with Gasteiger partial charge in [0.2, 0.25) is 0 Å². The van der Waals surface area contributed by atoms with Gasteiger partial charge in [0.25, 0.3) is 0 Å². The Morgan fingerprint density at radius 2 is 1.95 bits per heavy atom. The average molecular weight is 352 g/mol. The van der Waals surface area contributed by atoms with Crippen molar-refractivity contribution in [3.8, 4) is 11.5 Å². The summed E-state index contributed by atoms with van der Waals surface area (Å²) in [6.45, 7) is 5.53. The minimum atomic E-state index is -0.251. The summed E-state index contributed by atoms with van der Waals surface area (Å²) in [4.78, 5) is 0. The van der Waals surface area contributed by atoms with Crippen LogP contribution in [0.3, 0.4) is 0 Å². The molecular weight excluding hydrogens is 333 g/mol. The summed E-state index contributed by atoms with van der Waals surface area (Å²) < 4.78 is 20.8. The molecule has 2 aromatic rings. The molecule has 0 aliphatic carbocycles. The zero-order valence-electron chi connectivity index (χ0n) is 12.2. The van der Waals surface area contributed by atoms with Crippen molar-refractivity contribution in [2.45, 2.75) is 20.4 Å². The molecule has 0 amide bonds. The van der Waals surface area contributed by atoms with Crippen LogP contribution >= 0.6 is 15.9 Å². The average Bonchev–Trinajstić information content (AvgIpc) is 2.41. The monoisotopic (exact) mass is 351 g/mol. The zero-order valence-corrected chi connectivity index (χ0v) is 13.8. The molecule has 0 saturated carbocycles. The van der Waals surface area contributed by atoms with Crippen molar-refractivity contribution in [1.29, 1.82) is 0 Å². The minimum absolute atomic E-state index is 0.251. The van der Waals surface area contributed by atoms with E-state index in [0.717, 1.165) is 11.0 Å². The first kappa shape index (κ1) is 16.0. The lowest BCUT2D eigenvalue weighted by Crippen LogP contribution is -2.20. The van der Waals surface area contributed by atoms with Crippen molar-refractivity contribution < 1.29 is 9.13 Å². The number of ether oxygens (including phenoxy) is 1. The van der Waals surface area contributed by atoms with Gasteiger partial charge in [-0.25, -0.2) is 4.39 Å².